The van der Waals surface area contributed by atoms with Gasteiger partial charge in [0, 0.05) is 6.54 Å². The number of hydrogen-bond acceptors (Lipinski definition) is 3. The Balaban J connectivity index is 2.17. The molecule has 0 spiro atoms. The molecule has 1 unspecified atom stereocenters. The zero-order valence-corrected chi connectivity index (χ0v) is 11.6. The standard InChI is InChI=1S/C14H23NO3/c1-13(2,3)18-12(17)15-9-5-4-8-14(15,10-16)11-6-7-11/h10-11H,4-9H2,1-3H3. The van der Waals surface area contributed by atoms with Gasteiger partial charge >= 0.3 is 6.09 Å². The van der Waals surface area contributed by atoms with E-state index in [1.165, 1.54) is 0 Å². The van der Waals surface area contributed by atoms with Gasteiger partial charge < -0.3 is 9.53 Å². The Labute approximate surface area is 109 Å². The molecule has 102 valence electrons. The second-order valence-corrected chi connectivity index (χ2v) is 6.47. The van der Waals surface area contributed by atoms with Crippen molar-refractivity contribution >= 4 is 12.4 Å². The van der Waals surface area contributed by atoms with E-state index in [1.54, 1.807) is 4.90 Å². The van der Waals surface area contributed by atoms with Crippen LogP contribution in [0, 0.1) is 5.92 Å². The average molecular weight is 253 g/mol. The summed E-state index contributed by atoms with van der Waals surface area (Å²) >= 11 is 0. The van der Waals surface area contributed by atoms with Gasteiger partial charge in [0.1, 0.15) is 17.4 Å². The smallest absolute Gasteiger partial charge is 0.411 e. The monoisotopic (exact) mass is 253 g/mol. The normalized spacial score (nSPS) is 28.9. The zero-order valence-electron chi connectivity index (χ0n) is 11.6. The number of piperidine rings is 1. The number of carbonyl (C=O) groups excluding carboxylic acids is 2. The maximum Gasteiger partial charge on any atom is 0.411 e. The molecule has 0 aromatic carbocycles. The van der Waals surface area contributed by atoms with E-state index in [2.05, 4.69) is 0 Å². The Hall–Kier alpha value is -1.06. The minimum atomic E-state index is -0.583. The molecular formula is C14H23NO3. The Kier molecular flexibility index (Phi) is 3.39. The van der Waals surface area contributed by atoms with Crippen LogP contribution >= 0.6 is 0 Å². The number of carbonyl (C=O) groups is 2. The number of nitrogens with zero attached hydrogens (tertiary/aromatic N) is 1. The highest BCUT2D eigenvalue weighted by Crippen LogP contribution is 2.47. The minimum absolute atomic E-state index is 0.332. The Morgan fingerprint density at radius 1 is 1.33 bits per heavy atom. The summed E-state index contributed by atoms with van der Waals surface area (Å²) in [6.07, 6.45) is 5.54. The molecule has 2 rings (SSSR count). The highest BCUT2D eigenvalue weighted by Gasteiger charge is 2.52. The van der Waals surface area contributed by atoms with E-state index in [0.717, 1.165) is 38.4 Å². The molecule has 1 heterocycles. The van der Waals surface area contributed by atoms with Crippen LogP contribution in [0.25, 0.3) is 0 Å². The molecule has 2 fully saturated rings. The summed E-state index contributed by atoms with van der Waals surface area (Å²) in [4.78, 5) is 25.5. The molecule has 0 radical (unpaired) electrons. The lowest BCUT2D eigenvalue weighted by Gasteiger charge is -2.44. The van der Waals surface area contributed by atoms with Crippen LogP contribution in [-0.2, 0) is 9.53 Å². The molecule has 4 nitrogen and oxygen atoms in total. The Morgan fingerprint density at radius 3 is 2.50 bits per heavy atom. The van der Waals surface area contributed by atoms with Crippen molar-refractivity contribution in [1.82, 2.24) is 4.90 Å². The van der Waals surface area contributed by atoms with Gasteiger partial charge in [-0.05, 0) is 58.8 Å². The van der Waals surface area contributed by atoms with Gasteiger partial charge in [-0.15, -0.1) is 0 Å². The van der Waals surface area contributed by atoms with E-state index in [4.69, 9.17) is 4.74 Å². The maximum absolute atomic E-state index is 12.3. The molecule has 4 heteroatoms. The van der Waals surface area contributed by atoms with Crippen LogP contribution in [0.5, 0.6) is 0 Å². The summed E-state index contributed by atoms with van der Waals surface area (Å²) in [6, 6.07) is 0. The van der Waals surface area contributed by atoms with Crippen molar-refractivity contribution in [2.24, 2.45) is 5.92 Å². The summed E-state index contributed by atoms with van der Waals surface area (Å²) in [7, 11) is 0. The molecule has 0 bridgehead atoms. The van der Waals surface area contributed by atoms with Crippen LogP contribution < -0.4 is 0 Å². The van der Waals surface area contributed by atoms with Crippen LogP contribution in [-0.4, -0.2) is 35.0 Å². The van der Waals surface area contributed by atoms with Gasteiger partial charge in [-0.1, -0.05) is 0 Å². The largest absolute Gasteiger partial charge is 0.444 e. The van der Waals surface area contributed by atoms with Crippen molar-refractivity contribution in [2.75, 3.05) is 6.54 Å². The van der Waals surface area contributed by atoms with Crippen LogP contribution in [0.2, 0.25) is 0 Å². The molecule has 0 N–H and O–H groups in total. The fourth-order valence-corrected chi connectivity index (χ4v) is 2.83. The van der Waals surface area contributed by atoms with E-state index in [9.17, 15) is 9.59 Å². The molecule has 1 saturated carbocycles. The SMILES string of the molecule is CC(C)(C)OC(=O)N1CCCCC1(C=O)C1CC1. The Bertz CT molecular complexity index is 343. The maximum atomic E-state index is 12.3. The summed E-state index contributed by atoms with van der Waals surface area (Å²) in [5.41, 5.74) is -1.09. The first-order chi connectivity index (χ1) is 8.39. The topological polar surface area (TPSA) is 46.6 Å². The number of rotatable bonds is 2. The Morgan fingerprint density at radius 2 is 2.00 bits per heavy atom. The van der Waals surface area contributed by atoms with E-state index < -0.39 is 11.1 Å². The fraction of sp³-hybridized carbons (Fsp3) is 0.857. The van der Waals surface area contributed by atoms with Gasteiger partial charge in [0.05, 0.1) is 0 Å². The minimum Gasteiger partial charge on any atom is -0.444 e. The number of amides is 1. The third-order valence-corrected chi connectivity index (χ3v) is 3.81. The van der Waals surface area contributed by atoms with Crippen LogP contribution in [0.1, 0.15) is 52.9 Å². The number of aldehydes is 1. The van der Waals surface area contributed by atoms with E-state index in [-0.39, 0.29) is 6.09 Å². The van der Waals surface area contributed by atoms with Crippen molar-refractivity contribution in [3.05, 3.63) is 0 Å². The second-order valence-electron chi connectivity index (χ2n) is 6.47. The van der Waals surface area contributed by atoms with Gasteiger partial charge in [-0.2, -0.15) is 0 Å². The number of ether oxygens (including phenoxy) is 1. The molecule has 1 saturated heterocycles. The highest BCUT2D eigenvalue weighted by atomic mass is 16.6. The summed E-state index contributed by atoms with van der Waals surface area (Å²) < 4.78 is 5.44. The van der Waals surface area contributed by atoms with Crippen LogP contribution in [0.15, 0.2) is 0 Å². The van der Waals surface area contributed by atoms with Gasteiger partial charge in [0.25, 0.3) is 0 Å². The van der Waals surface area contributed by atoms with E-state index in [0.29, 0.717) is 12.5 Å². The molecule has 18 heavy (non-hydrogen) atoms. The van der Waals surface area contributed by atoms with Crippen molar-refractivity contribution in [3.63, 3.8) is 0 Å². The first kappa shape index (κ1) is 13.4. The predicted octanol–water partition coefficient (Wildman–Crippen LogP) is 2.76. The molecular weight excluding hydrogens is 230 g/mol. The lowest BCUT2D eigenvalue weighted by molar-refractivity contribution is -0.122. The van der Waals surface area contributed by atoms with Crippen LogP contribution in [0.4, 0.5) is 4.79 Å². The predicted molar refractivity (Wildman–Crippen MR) is 68.3 cm³/mol. The summed E-state index contributed by atoms with van der Waals surface area (Å²) in [5, 5.41) is 0. The quantitative estimate of drug-likeness (QED) is 0.711. The lowest BCUT2D eigenvalue weighted by atomic mass is 9.83. The van der Waals surface area contributed by atoms with Crippen molar-refractivity contribution in [1.29, 1.82) is 0 Å². The average Bonchev–Trinajstić information content (AvgIpc) is 3.10. The van der Waals surface area contributed by atoms with Crippen LogP contribution in [0.3, 0.4) is 0 Å². The molecule has 0 aromatic heterocycles. The van der Waals surface area contributed by atoms with Crippen molar-refractivity contribution < 1.29 is 14.3 Å². The molecule has 1 aliphatic carbocycles. The van der Waals surface area contributed by atoms with Crippen molar-refractivity contribution in [3.8, 4) is 0 Å². The van der Waals surface area contributed by atoms with Gasteiger partial charge in [-0.3, -0.25) is 4.90 Å². The fourth-order valence-electron chi connectivity index (χ4n) is 2.83. The number of hydrogen-bond donors (Lipinski definition) is 0. The lowest BCUT2D eigenvalue weighted by Crippen LogP contribution is -2.58. The second kappa shape index (κ2) is 4.56. The summed E-state index contributed by atoms with van der Waals surface area (Å²) in [6.45, 7) is 6.21. The molecule has 1 amide bonds. The van der Waals surface area contributed by atoms with E-state index >= 15 is 0 Å². The molecule has 1 atom stereocenters. The summed E-state index contributed by atoms with van der Waals surface area (Å²) in [5.74, 6) is 0.350. The highest BCUT2D eigenvalue weighted by molar-refractivity contribution is 5.78. The van der Waals surface area contributed by atoms with Gasteiger partial charge in [0.2, 0.25) is 0 Å². The molecule has 0 aromatic rings. The third kappa shape index (κ3) is 2.52. The first-order valence-electron chi connectivity index (χ1n) is 6.86. The molecule has 1 aliphatic heterocycles. The molecule has 2 aliphatic rings. The zero-order chi connectivity index (χ0) is 13.4. The van der Waals surface area contributed by atoms with Gasteiger partial charge in [0.15, 0.2) is 0 Å². The first-order valence-corrected chi connectivity index (χ1v) is 6.86. The number of likely N-dealkylation sites (tertiary alicyclic amines) is 1. The third-order valence-electron chi connectivity index (χ3n) is 3.81. The van der Waals surface area contributed by atoms with Crippen molar-refractivity contribution in [2.45, 2.75) is 64.0 Å². The van der Waals surface area contributed by atoms with E-state index in [1.807, 2.05) is 20.8 Å². The van der Waals surface area contributed by atoms with Gasteiger partial charge in [-0.25, -0.2) is 4.79 Å².